The van der Waals surface area contributed by atoms with E-state index in [-0.39, 0.29) is 19.0 Å². The number of halogens is 1. The van der Waals surface area contributed by atoms with Crippen LogP contribution < -0.4 is 4.90 Å². The van der Waals surface area contributed by atoms with Gasteiger partial charge in [0.25, 0.3) is 0 Å². The number of aliphatic hydroxyl groups excluding tert-OH is 1. The number of benzene rings is 1. The van der Waals surface area contributed by atoms with Gasteiger partial charge in [-0.25, -0.2) is 0 Å². The molecule has 4 heteroatoms. The lowest BCUT2D eigenvalue weighted by molar-refractivity contribution is 0.189. The van der Waals surface area contributed by atoms with Gasteiger partial charge in [0.2, 0.25) is 0 Å². The Kier molecular flexibility index (Phi) is 5.60. The van der Waals surface area contributed by atoms with Crippen molar-refractivity contribution >= 4 is 18.1 Å². The van der Waals surface area contributed by atoms with Crippen molar-refractivity contribution in [1.29, 1.82) is 0 Å². The Morgan fingerprint density at radius 3 is 2.19 bits per heavy atom. The molecule has 1 aromatic rings. The minimum absolute atomic E-state index is 0. The lowest BCUT2D eigenvalue weighted by Gasteiger charge is -2.35. The lowest BCUT2D eigenvalue weighted by atomic mass is 10.2. The highest BCUT2D eigenvalue weighted by Gasteiger charge is 2.15. The van der Waals surface area contributed by atoms with Gasteiger partial charge < -0.3 is 10.0 Å². The van der Waals surface area contributed by atoms with Gasteiger partial charge in [0, 0.05) is 38.4 Å². The second-order valence-corrected chi connectivity index (χ2v) is 3.89. The molecular formula is C12H19ClN2O. The molecule has 0 atom stereocenters. The van der Waals surface area contributed by atoms with Crippen LogP contribution in [-0.2, 0) is 0 Å². The summed E-state index contributed by atoms with van der Waals surface area (Å²) in [6, 6.07) is 10.5. The molecule has 0 spiro atoms. The predicted octanol–water partition coefficient (Wildman–Crippen LogP) is 1.22. The van der Waals surface area contributed by atoms with E-state index in [1.165, 1.54) is 5.69 Å². The van der Waals surface area contributed by atoms with Crippen LogP contribution in [0.2, 0.25) is 0 Å². The molecule has 1 aliphatic heterocycles. The molecule has 90 valence electrons. The molecule has 0 amide bonds. The zero-order chi connectivity index (χ0) is 10.5. The Labute approximate surface area is 103 Å². The topological polar surface area (TPSA) is 26.7 Å². The number of para-hydroxylation sites is 1. The maximum absolute atomic E-state index is 8.85. The number of hydrogen-bond acceptors (Lipinski definition) is 3. The molecular weight excluding hydrogens is 224 g/mol. The van der Waals surface area contributed by atoms with Gasteiger partial charge >= 0.3 is 0 Å². The Morgan fingerprint density at radius 1 is 1.00 bits per heavy atom. The van der Waals surface area contributed by atoms with E-state index in [4.69, 9.17) is 5.11 Å². The lowest BCUT2D eigenvalue weighted by Crippen LogP contribution is -2.47. The second-order valence-electron chi connectivity index (χ2n) is 3.89. The molecule has 0 saturated carbocycles. The molecule has 1 aliphatic rings. The van der Waals surface area contributed by atoms with Crippen LogP contribution in [0.1, 0.15) is 0 Å². The molecule has 0 aliphatic carbocycles. The van der Waals surface area contributed by atoms with Gasteiger partial charge in [-0.1, -0.05) is 18.2 Å². The van der Waals surface area contributed by atoms with Gasteiger partial charge in [0.1, 0.15) is 0 Å². The van der Waals surface area contributed by atoms with E-state index < -0.39 is 0 Å². The van der Waals surface area contributed by atoms with Gasteiger partial charge in [-0.3, -0.25) is 4.90 Å². The monoisotopic (exact) mass is 242 g/mol. The summed E-state index contributed by atoms with van der Waals surface area (Å²) in [6.45, 7) is 5.30. The quantitative estimate of drug-likeness (QED) is 0.864. The molecule has 1 fully saturated rings. The highest BCUT2D eigenvalue weighted by Crippen LogP contribution is 2.15. The number of piperazine rings is 1. The molecule has 3 nitrogen and oxygen atoms in total. The second kappa shape index (κ2) is 6.74. The molecule has 1 heterocycles. The van der Waals surface area contributed by atoms with Crippen molar-refractivity contribution in [2.24, 2.45) is 0 Å². The first-order valence-corrected chi connectivity index (χ1v) is 5.53. The standard InChI is InChI=1S/C12H18N2O.ClH/c15-11-10-13-6-8-14(9-7-13)12-4-2-1-3-5-12;/h1-5,15H,6-11H2;1H. The minimum atomic E-state index is 0. The average Bonchev–Trinajstić information content (AvgIpc) is 2.32. The third-order valence-electron chi connectivity index (χ3n) is 2.91. The summed E-state index contributed by atoms with van der Waals surface area (Å²) in [7, 11) is 0. The van der Waals surface area contributed by atoms with Crippen molar-refractivity contribution in [3.63, 3.8) is 0 Å². The van der Waals surface area contributed by atoms with E-state index in [9.17, 15) is 0 Å². The Hall–Kier alpha value is -0.770. The van der Waals surface area contributed by atoms with Gasteiger partial charge in [0.15, 0.2) is 0 Å². The molecule has 0 radical (unpaired) electrons. The zero-order valence-corrected chi connectivity index (χ0v) is 10.2. The Morgan fingerprint density at radius 2 is 1.62 bits per heavy atom. The Bertz CT molecular complexity index is 286. The van der Waals surface area contributed by atoms with Crippen molar-refractivity contribution in [2.75, 3.05) is 44.2 Å². The summed E-state index contributed by atoms with van der Waals surface area (Å²) in [5, 5.41) is 8.85. The van der Waals surface area contributed by atoms with E-state index in [2.05, 4.69) is 34.1 Å². The summed E-state index contributed by atoms with van der Waals surface area (Å²) >= 11 is 0. The van der Waals surface area contributed by atoms with Crippen LogP contribution in [0.5, 0.6) is 0 Å². The molecule has 2 rings (SSSR count). The summed E-state index contributed by atoms with van der Waals surface area (Å²) in [5.41, 5.74) is 1.31. The smallest absolute Gasteiger partial charge is 0.0558 e. The van der Waals surface area contributed by atoms with Crippen LogP contribution >= 0.6 is 12.4 Å². The average molecular weight is 243 g/mol. The molecule has 1 saturated heterocycles. The highest BCUT2D eigenvalue weighted by molar-refractivity contribution is 5.85. The van der Waals surface area contributed by atoms with Crippen molar-refractivity contribution < 1.29 is 5.11 Å². The van der Waals surface area contributed by atoms with E-state index >= 15 is 0 Å². The van der Waals surface area contributed by atoms with E-state index in [0.29, 0.717) is 0 Å². The van der Waals surface area contributed by atoms with Crippen LogP contribution in [0.3, 0.4) is 0 Å². The summed E-state index contributed by atoms with van der Waals surface area (Å²) in [6.07, 6.45) is 0. The van der Waals surface area contributed by atoms with Crippen molar-refractivity contribution in [2.45, 2.75) is 0 Å². The van der Waals surface area contributed by atoms with Gasteiger partial charge in [0.05, 0.1) is 6.61 Å². The van der Waals surface area contributed by atoms with Crippen LogP contribution in [0.15, 0.2) is 30.3 Å². The SMILES string of the molecule is Cl.OCCN1CCN(c2ccccc2)CC1. The third-order valence-corrected chi connectivity index (χ3v) is 2.91. The zero-order valence-electron chi connectivity index (χ0n) is 9.38. The van der Waals surface area contributed by atoms with E-state index in [0.717, 1.165) is 32.7 Å². The fourth-order valence-electron chi connectivity index (χ4n) is 2.01. The molecule has 0 aromatic heterocycles. The molecule has 16 heavy (non-hydrogen) atoms. The molecule has 1 aromatic carbocycles. The van der Waals surface area contributed by atoms with Crippen molar-refractivity contribution in [1.82, 2.24) is 4.90 Å². The highest BCUT2D eigenvalue weighted by atomic mass is 35.5. The predicted molar refractivity (Wildman–Crippen MR) is 69.4 cm³/mol. The van der Waals surface area contributed by atoms with Gasteiger partial charge in [-0.2, -0.15) is 0 Å². The van der Waals surface area contributed by atoms with Crippen LogP contribution in [-0.4, -0.2) is 49.3 Å². The summed E-state index contributed by atoms with van der Waals surface area (Å²) in [5.74, 6) is 0. The largest absolute Gasteiger partial charge is 0.395 e. The normalized spacial score (nSPS) is 16.9. The molecule has 0 unspecified atom stereocenters. The van der Waals surface area contributed by atoms with Crippen molar-refractivity contribution in [3.05, 3.63) is 30.3 Å². The third kappa shape index (κ3) is 3.37. The number of hydrogen-bond donors (Lipinski definition) is 1. The van der Waals surface area contributed by atoms with Gasteiger partial charge in [-0.15, -0.1) is 12.4 Å². The molecule has 0 bridgehead atoms. The number of aliphatic hydroxyl groups is 1. The first-order chi connectivity index (χ1) is 7.40. The van der Waals surface area contributed by atoms with Crippen LogP contribution in [0.4, 0.5) is 5.69 Å². The van der Waals surface area contributed by atoms with Gasteiger partial charge in [-0.05, 0) is 12.1 Å². The fraction of sp³-hybridized carbons (Fsp3) is 0.500. The number of nitrogens with zero attached hydrogens (tertiary/aromatic N) is 2. The number of anilines is 1. The molecule has 1 N–H and O–H groups in total. The number of rotatable bonds is 3. The number of β-amino-alcohol motifs (C(OH)–C–C–N with tert-alkyl or cyclic N) is 1. The first kappa shape index (κ1) is 13.3. The van der Waals surface area contributed by atoms with E-state index in [1.54, 1.807) is 0 Å². The summed E-state index contributed by atoms with van der Waals surface area (Å²) < 4.78 is 0. The van der Waals surface area contributed by atoms with Crippen LogP contribution in [0.25, 0.3) is 0 Å². The maximum atomic E-state index is 8.85. The minimum Gasteiger partial charge on any atom is -0.395 e. The summed E-state index contributed by atoms with van der Waals surface area (Å²) in [4.78, 5) is 4.70. The maximum Gasteiger partial charge on any atom is 0.0558 e. The van der Waals surface area contributed by atoms with Crippen molar-refractivity contribution in [3.8, 4) is 0 Å². The van der Waals surface area contributed by atoms with E-state index in [1.807, 2.05) is 6.07 Å². The van der Waals surface area contributed by atoms with Crippen LogP contribution in [0, 0.1) is 0 Å². The fourth-order valence-corrected chi connectivity index (χ4v) is 2.01. The Balaban J connectivity index is 0.00000128. The first-order valence-electron chi connectivity index (χ1n) is 5.53.